The van der Waals surface area contributed by atoms with Gasteiger partial charge >= 0.3 is 0 Å². The van der Waals surface area contributed by atoms with Crippen molar-refractivity contribution < 1.29 is 9.53 Å². The van der Waals surface area contributed by atoms with E-state index in [0.29, 0.717) is 18.2 Å². The SMILES string of the molecule is CNC(=O)C(Nc1cc(C)nc(COC)n1)C(C)C. The average molecular weight is 266 g/mol. The normalized spacial score (nSPS) is 12.3. The van der Waals surface area contributed by atoms with E-state index in [2.05, 4.69) is 20.6 Å². The number of carbonyl (C=O) groups is 1. The zero-order chi connectivity index (χ0) is 14.4. The van der Waals surface area contributed by atoms with E-state index in [1.807, 2.05) is 26.8 Å². The molecule has 1 heterocycles. The molecule has 1 aromatic heterocycles. The molecule has 1 atom stereocenters. The third kappa shape index (κ3) is 4.48. The van der Waals surface area contributed by atoms with Crippen molar-refractivity contribution in [2.24, 2.45) is 5.92 Å². The van der Waals surface area contributed by atoms with Crippen molar-refractivity contribution in [1.29, 1.82) is 0 Å². The van der Waals surface area contributed by atoms with Gasteiger partial charge in [-0.2, -0.15) is 0 Å². The minimum Gasteiger partial charge on any atom is -0.377 e. The Labute approximate surface area is 114 Å². The number of nitrogens with one attached hydrogen (secondary N) is 2. The molecular weight excluding hydrogens is 244 g/mol. The maximum Gasteiger partial charge on any atom is 0.242 e. The Bertz CT molecular complexity index is 435. The topological polar surface area (TPSA) is 76.1 Å². The fourth-order valence-corrected chi connectivity index (χ4v) is 1.75. The third-order valence-corrected chi connectivity index (χ3v) is 2.67. The van der Waals surface area contributed by atoms with Crippen LogP contribution >= 0.6 is 0 Å². The molecule has 0 aromatic carbocycles. The molecule has 0 spiro atoms. The zero-order valence-corrected chi connectivity index (χ0v) is 12.2. The van der Waals surface area contributed by atoms with Crippen molar-refractivity contribution in [3.05, 3.63) is 17.6 Å². The lowest BCUT2D eigenvalue weighted by Gasteiger charge is -2.21. The summed E-state index contributed by atoms with van der Waals surface area (Å²) in [5.41, 5.74) is 0.837. The fraction of sp³-hybridized carbons (Fsp3) is 0.615. The zero-order valence-electron chi connectivity index (χ0n) is 12.2. The van der Waals surface area contributed by atoms with E-state index in [1.54, 1.807) is 14.2 Å². The van der Waals surface area contributed by atoms with Gasteiger partial charge in [-0.1, -0.05) is 13.8 Å². The Morgan fingerprint density at radius 1 is 1.42 bits per heavy atom. The first-order valence-electron chi connectivity index (χ1n) is 6.29. The third-order valence-electron chi connectivity index (χ3n) is 2.67. The second kappa shape index (κ2) is 7.04. The molecule has 19 heavy (non-hydrogen) atoms. The second-order valence-electron chi connectivity index (χ2n) is 4.72. The monoisotopic (exact) mass is 266 g/mol. The lowest BCUT2D eigenvalue weighted by molar-refractivity contribution is -0.122. The van der Waals surface area contributed by atoms with Gasteiger partial charge < -0.3 is 15.4 Å². The van der Waals surface area contributed by atoms with Gasteiger partial charge in [0.1, 0.15) is 18.5 Å². The molecule has 0 aliphatic carbocycles. The summed E-state index contributed by atoms with van der Waals surface area (Å²) in [7, 11) is 3.22. The molecular formula is C13H22N4O2. The smallest absolute Gasteiger partial charge is 0.242 e. The minimum absolute atomic E-state index is 0.0560. The Kier molecular flexibility index (Phi) is 5.69. The van der Waals surface area contributed by atoms with E-state index in [1.165, 1.54) is 0 Å². The maximum atomic E-state index is 11.8. The number of amides is 1. The van der Waals surface area contributed by atoms with Crippen molar-refractivity contribution in [3.63, 3.8) is 0 Å². The van der Waals surface area contributed by atoms with Crippen LogP contribution in [0.25, 0.3) is 0 Å². The number of likely N-dealkylation sites (N-methyl/N-ethyl adjacent to an activating group) is 1. The van der Waals surface area contributed by atoms with Crippen molar-refractivity contribution in [3.8, 4) is 0 Å². The number of hydrogen-bond acceptors (Lipinski definition) is 5. The Balaban J connectivity index is 2.92. The number of anilines is 1. The summed E-state index contributed by atoms with van der Waals surface area (Å²) in [4.78, 5) is 20.4. The van der Waals surface area contributed by atoms with Crippen LogP contribution in [0.2, 0.25) is 0 Å². The Hall–Kier alpha value is -1.69. The molecule has 0 saturated carbocycles. The number of hydrogen-bond donors (Lipinski definition) is 2. The second-order valence-corrected chi connectivity index (χ2v) is 4.72. The highest BCUT2D eigenvalue weighted by molar-refractivity contribution is 5.84. The lowest BCUT2D eigenvalue weighted by Crippen LogP contribution is -2.41. The predicted molar refractivity (Wildman–Crippen MR) is 73.8 cm³/mol. The van der Waals surface area contributed by atoms with Crippen molar-refractivity contribution in [2.45, 2.75) is 33.4 Å². The van der Waals surface area contributed by atoms with Gasteiger partial charge in [0.05, 0.1) is 0 Å². The summed E-state index contributed by atoms with van der Waals surface area (Å²) in [5, 5.41) is 5.80. The molecule has 6 heteroatoms. The summed E-state index contributed by atoms with van der Waals surface area (Å²) in [5.74, 6) is 1.34. The molecule has 0 fully saturated rings. The van der Waals surface area contributed by atoms with Crippen LogP contribution in [0, 0.1) is 12.8 Å². The number of rotatable bonds is 6. The molecule has 1 unspecified atom stereocenters. The van der Waals surface area contributed by atoms with E-state index < -0.39 is 0 Å². The van der Waals surface area contributed by atoms with Crippen LogP contribution in [-0.4, -0.2) is 36.1 Å². The molecule has 0 aliphatic heterocycles. The summed E-state index contributed by atoms with van der Waals surface area (Å²) < 4.78 is 5.03. The van der Waals surface area contributed by atoms with Gasteiger partial charge in [-0.05, 0) is 12.8 Å². The van der Waals surface area contributed by atoms with Crippen LogP contribution < -0.4 is 10.6 Å². The van der Waals surface area contributed by atoms with E-state index in [4.69, 9.17) is 4.74 Å². The van der Waals surface area contributed by atoms with Gasteiger partial charge in [-0.3, -0.25) is 4.79 Å². The molecule has 6 nitrogen and oxygen atoms in total. The maximum absolute atomic E-state index is 11.8. The van der Waals surface area contributed by atoms with Crippen molar-refractivity contribution >= 4 is 11.7 Å². The number of methoxy groups -OCH3 is 1. The van der Waals surface area contributed by atoms with E-state index in [0.717, 1.165) is 5.69 Å². The first-order valence-corrected chi connectivity index (χ1v) is 6.29. The van der Waals surface area contributed by atoms with Gasteiger partial charge in [0.2, 0.25) is 5.91 Å². The molecule has 0 saturated heterocycles. The first-order chi connectivity index (χ1) is 8.97. The quantitative estimate of drug-likeness (QED) is 0.806. The standard InChI is InChI=1S/C13H22N4O2/c1-8(2)12(13(18)14-4)17-10-6-9(3)15-11(16-10)7-19-5/h6,8,12H,7H2,1-5H3,(H,14,18)(H,15,16,17). The Morgan fingerprint density at radius 3 is 2.63 bits per heavy atom. The minimum atomic E-state index is -0.324. The number of aromatic nitrogens is 2. The van der Waals surface area contributed by atoms with Crippen LogP contribution in [0.4, 0.5) is 5.82 Å². The molecule has 0 radical (unpaired) electrons. The highest BCUT2D eigenvalue weighted by Crippen LogP contribution is 2.12. The number of nitrogens with zero attached hydrogens (tertiary/aromatic N) is 2. The summed E-state index contributed by atoms with van der Waals surface area (Å²) in [6, 6.07) is 1.49. The Morgan fingerprint density at radius 2 is 2.11 bits per heavy atom. The van der Waals surface area contributed by atoms with Crippen LogP contribution in [0.3, 0.4) is 0 Å². The van der Waals surface area contributed by atoms with Gasteiger partial charge in [0, 0.05) is 25.9 Å². The highest BCUT2D eigenvalue weighted by atomic mass is 16.5. The fourth-order valence-electron chi connectivity index (χ4n) is 1.75. The van der Waals surface area contributed by atoms with Crippen LogP contribution in [0.15, 0.2) is 6.07 Å². The molecule has 1 aromatic rings. The van der Waals surface area contributed by atoms with Gasteiger partial charge in [-0.15, -0.1) is 0 Å². The van der Waals surface area contributed by atoms with Crippen LogP contribution in [-0.2, 0) is 16.1 Å². The van der Waals surface area contributed by atoms with E-state index >= 15 is 0 Å². The van der Waals surface area contributed by atoms with Crippen LogP contribution in [0.5, 0.6) is 0 Å². The number of ether oxygens (including phenoxy) is 1. The molecule has 1 amide bonds. The first kappa shape index (κ1) is 15.4. The molecule has 1 rings (SSSR count). The van der Waals surface area contributed by atoms with Crippen molar-refractivity contribution in [2.75, 3.05) is 19.5 Å². The summed E-state index contributed by atoms with van der Waals surface area (Å²) in [6.45, 7) is 6.20. The van der Waals surface area contributed by atoms with Gasteiger partial charge in [-0.25, -0.2) is 9.97 Å². The molecule has 2 N–H and O–H groups in total. The predicted octanol–water partition coefficient (Wildman–Crippen LogP) is 1.11. The van der Waals surface area contributed by atoms with Crippen molar-refractivity contribution in [1.82, 2.24) is 15.3 Å². The highest BCUT2D eigenvalue weighted by Gasteiger charge is 2.21. The summed E-state index contributed by atoms with van der Waals surface area (Å²) in [6.07, 6.45) is 0. The summed E-state index contributed by atoms with van der Waals surface area (Å²) >= 11 is 0. The van der Waals surface area contributed by atoms with Crippen LogP contribution in [0.1, 0.15) is 25.4 Å². The van der Waals surface area contributed by atoms with Gasteiger partial charge in [0.15, 0.2) is 5.82 Å². The largest absolute Gasteiger partial charge is 0.377 e. The average Bonchev–Trinajstić information content (AvgIpc) is 2.34. The lowest BCUT2D eigenvalue weighted by atomic mass is 10.0. The van der Waals surface area contributed by atoms with E-state index in [-0.39, 0.29) is 17.9 Å². The number of carbonyl (C=O) groups excluding carboxylic acids is 1. The molecule has 0 aliphatic rings. The molecule has 106 valence electrons. The van der Waals surface area contributed by atoms with Gasteiger partial charge in [0.25, 0.3) is 0 Å². The molecule has 0 bridgehead atoms. The number of aryl methyl sites for hydroxylation is 1. The van der Waals surface area contributed by atoms with E-state index in [9.17, 15) is 4.79 Å².